The summed E-state index contributed by atoms with van der Waals surface area (Å²) in [6, 6.07) is 3.93. The zero-order chi connectivity index (χ0) is 12.3. The van der Waals surface area contributed by atoms with Crippen molar-refractivity contribution in [2.24, 2.45) is 0 Å². The number of benzene rings is 1. The van der Waals surface area contributed by atoms with Gasteiger partial charge in [-0.15, -0.1) is 0 Å². The molecular weight excluding hydrogens is 280 g/mol. The van der Waals surface area contributed by atoms with Gasteiger partial charge in [0.15, 0.2) is 0 Å². The Morgan fingerprint density at radius 3 is 2.62 bits per heavy atom. The van der Waals surface area contributed by atoms with E-state index in [1.807, 2.05) is 0 Å². The van der Waals surface area contributed by atoms with Gasteiger partial charge in [0.25, 0.3) is 5.69 Å². The molecule has 0 saturated heterocycles. The maximum atomic E-state index is 10.6. The van der Waals surface area contributed by atoms with Crippen LogP contribution < -0.4 is 5.73 Å². The summed E-state index contributed by atoms with van der Waals surface area (Å²) in [6.45, 7) is 0. The number of rotatable bonds is 4. The Morgan fingerprint density at radius 1 is 1.50 bits per heavy atom. The SMILES string of the molecule is Nc1ccc(C(O)C(O)CBr)cc1[N+](=O)[O-]. The van der Waals surface area contributed by atoms with E-state index in [0.717, 1.165) is 6.07 Å². The fourth-order valence-corrected chi connectivity index (χ4v) is 1.56. The van der Waals surface area contributed by atoms with Gasteiger partial charge in [-0.1, -0.05) is 22.0 Å². The van der Waals surface area contributed by atoms with Crippen LogP contribution in [0.1, 0.15) is 11.7 Å². The molecule has 0 aliphatic rings. The van der Waals surface area contributed by atoms with Crippen molar-refractivity contribution >= 4 is 27.3 Å². The highest BCUT2D eigenvalue weighted by atomic mass is 79.9. The number of nitrogens with two attached hydrogens (primary N) is 1. The maximum absolute atomic E-state index is 10.6. The van der Waals surface area contributed by atoms with Crippen molar-refractivity contribution in [2.75, 3.05) is 11.1 Å². The predicted octanol–water partition coefficient (Wildman–Crippen LogP) is 0.966. The first-order valence-corrected chi connectivity index (χ1v) is 5.55. The summed E-state index contributed by atoms with van der Waals surface area (Å²) in [5.74, 6) is 0. The molecule has 0 amide bonds. The van der Waals surface area contributed by atoms with E-state index in [2.05, 4.69) is 15.9 Å². The van der Waals surface area contributed by atoms with E-state index in [0.29, 0.717) is 0 Å². The van der Waals surface area contributed by atoms with Gasteiger partial charge in [0.05, 0.1) is 11.0 Å². The van der Waals surface area contributed by atoms with Gasteiger partial charge in [0, 0.05) is 11.4 Å². The van der Waals surface area contributed by atoms with Crippen LogP contribution in [0, 0.1) is 10.1 Å². The number of hydrogen-bond donors (Lipinski definition) is 3. The zero-order valence-corrected chi connectivity index (χ0v) is 9.79. The second-order valence-electron chi connectivity index (χ2n) is 3.24. The molecule has 2 atom stereocenters. The molecule has 2 unspecified atom stereocenters. The lowest BCUT2D eigenvalue weighted by Gasteiger charge is -2.15. The molecule has 4 N–H and O–H groups in total. The van der Waals surface area contributed by atoms with Gasteiger partial charge < -0.3 is 15.9 Å². The van der Waals surface area contributed by atoms with Gasteiger partial charge in [-0.05, 0) is 11.6 Å². The molecule has 0 heterocycles. The summed E-state index contributed by atoms with van der Waals surface area (Å²) in [4.78, 5) is 9.98. The quantitative estimate of drug-likeness (QED) is 0.331. The third-order valence-corrected chi connectivity index (χ3v) is 2.78. The minimum atomic E-state index is -1.18. The topological polar surface area (TPSA) is 110 Å². The van der Waals surface area contributed by atoms with E-state index in [1.54, 1.807) is 0 Å². The van der Waals surface area contributed by atoms with Crippen LogP contribution in [0.3, 0.4) is 0 Å². The number of nitro groups is 1. The number of alkyl halides is 1. The van der Waals surface area contributed by atoms with Crippen LogP contribution >= 0.6 is 15.9 Å². The normalized spacial score (nSPS) is 14.4. The van der Waals surface area contributed by atoms with Gasteiger partial charge in [0.1, 0.15) is 11.8 Å². The molecule has 0 bridgehead atoms. The molecule has 0 radical (unpaired) electrons. The second-order valence-corrected chi connectivity index (χ2v) is 3.89. The molecule has 7 heteroatoms. The van der Waals surface area contributed by atoms with Crippen molar-refractivity contribution < 1.29 is 15.1 Å². The van der Waals surface area contributed by atoms with Crippen LogP contribution in [0.15, 0.2) is 18.2 Å². The third-order valence-electron chi connectivity index (χ3n) is 2.12. The number of aliphatic hydroxyl groups excluding tert-OH is 2. The van der Waals surface area contributed by atoms with Crippen molar-refractivity contribution in [3.63, 3.8) is 0 Å². The molecule has 1 aromatic rings. The Bertz CT molecular complexity index is 399. The van der Waals surface area contributed by atoms with Crippen LogP contribution in [-0.2, 0) is 0 Å². The summed E-state index contributed by atoms with van der Waals surface area (Å²) in [6.07, 6.45) is -2.21. The lowest BCUT2D eigenvalue weighted by atomic mass is 10.0. The first-order valence-electron chi connectivity index (χ1n) is 4.43. The number of nitro benzene ring substituents is 1. The van der Waals surface area contributed by atoms with Crippen molar-refractivity contribution in [2.45, 2.75) is 12.2 Å². The zero-order valence-electron chi connectivity index (χ0n) is 8.21. The van der Waals surface area contributed by atoms with Crippen LogP contribution in [0.2, 0.25) is 0 Å². The molecule has 88 valence electrons. The number of hydrogen-bond acceptors (Lipinski definition) is 5. The second kappa shape index (κ2) is 5.24. The van der Waals surface area contributed by atoms with E-state index in [1.165, 1.54) is 12.1 Å². The van der Waals surface area contributed by atoms with E-state index < -0.39 is 17.1 Å². The van der Waals surface area contributed by atoms with Crippen LogP contribution in [0.25, 0.3) is 0 Å². The first-order chi connectivity index (χ1) is 7.47. The van der Waals surface area contributed by atoms with E-state index in [4.69, 9.17) is 5.73 Å². The Kier molecular flexibility index (Phi) is 4.22. The van der Waals surface area contributed by atoms with Crippen molar-refractivity contribution in [3.8, 4) is 0 Å². The van der Waals surface area contributed by atoms with Crippen LogP contribution in [0.5, 0.6) is 0 Å². The number of nitrogen functional groups attached to an aromatic ring is 1. The molecule has 0 aromatic heterocycles. The van der Waals surface area contributed by atoms with Crippen LogP contribution in [-0.4, -0.2) is 26.6 Å². The molecule has 16 heavy (non-hydrogen) atoms. The molecule has 0 fully saturated rings. The summed E-state index contributed by atoms with van der Waals surface area (Å²) in [5, 5.41) is 29.8. The van der Waals surface area contributed by atoms with Gasteiger partial charge in [0.2, 0.25) is 0 Å². The highest BCUT2D eigenvalue weighted by Gasteiger charge is 2.20. The number of nitrogens with zero attached hydrogens (tertiary/aromatic N) is 1. The van der Waals surface area contributed by atoms with Crippen molar-refractivity contribution in [3.05, 3.63) is 33.9 Å². The molecule has 0 aliphatic heterocycles. The smallest absolute Gasteiger partial charge is 0.292 e. The first kappa shape index (κ1) is 12.9. The fourth-order valence-electron chi connectivity index (χ4n) is 1.21. The largest absolute Gasteiger partial charge is 0.393 e. The standard InChI is InChI=1S/C9H11BrN2O4/c10-4-8(13)9(14)5-1-2-6(11)7(3-5)12(15)16/h1-3,8-9,13-14H,4,11H2. The van der Waals surface area contributed by atoms with E-state index in [9.17, 15) is 20.3 Å². The summed E-state index contributed by atoms with van der Waals surface area (Å²) < 4.78 is 0. The minimum absolute atomic E-state index is 0.0225. The third kappa shape index (κ3) is 2.69. The molecule has 0 saturated carbocycles. The Balaban J connectivity index is 3.07. The number of halogens is 1. The van der Waals surface area contributed by atoms with E-state index in [-0.39, 0.29) is 22.3 Å². The number of anilines is 1. The van der Waals surface area contributed by atoms with Crippen molar-refractivity contribution in [1.82, 2.24) is 0 Å². The minimum Gasteiger partial charge on any atom is -0.393 e. The lowest BCUT2D eigenvalue weighted by Crippen LogP contribution is -2.19. The van der Waals surface area contributed by atoms with Crippen LogP contribution in [0.4, 0.5) is 11.4 Å². The average molecular weight is 291 g/mol. The lowest BCUT2D eigenvalue weighted by molar-refractivity contribution is -0.384. The van der Waals surface area contributed by atoms with Gasteiger partial charge in [-0.3, -0.25) is 10.1 Å². The van der Waals surface area contributed by atoms with Gasteiger partial charge in [-0.25, -0.2) is 0 Å². The van der Waals surface area contributed by atoms with Crippen molar-refractivity contribution in [1.29, 1.82) is 0 Å². The highest BCUT2D eigenvalue weighted by molar-refractivity contribution is 9.09. The van der Waals surface area contributed by atoms with E-state index >= 15 is 0 Å². The molecule has 0 aliphatic carbocycles. The highest BCUT2D eigenvalue weighted by Crippen LogP contribution is 2.27. The Morgan fingerprint density at radius 2 is 2.12 bits per heavy atom. The summed E-state index contributed by atoms with van der Waals surface area (Å²) in [5.41, 5.74) is 5.40. The molecule has 1 aromatic carbocycles. The number of aliphatic hydroxyl groups is 2. The monoisotopic (exact) mass is 290 g/mol. The Hall–Kier alpha value is -1.18. The summed E-state index contributed by atoms with van der Waals surface area (Å²) >= 11 is 3.01. The molecule has 6 nitrogen and oxygen atoms in total. The Labute approximate surface area is 100.0 Å². The predicted molar refractivity (Wildman–Crippen MR) is 62.3 cm³/mol. The summed E-state index contributed by atoms with van der Waals surface area (Å²) in [7, 11) is 0. The molecule has 0 spiro atoms. The fraction of sp³-hybridized carbons (Fsp3) is 0.333. The molecule has 1 rings (SSSR count). The maximum Gasteiger partial charge on any atom is 0.292 e. The van der Waals surface area contributed by atoms with Gasteiger partial charge >= 0.3 is 0 Å². The molecular formula is C9H11BrN2O4. The average Bonchev–Trinajstić information content (AvgIpc) is 2.27. The van der Waals surface area contributed by atoms with Gasteiger partial charge in [-0.2, -0.15) is 0 Å².